The molecule has 8 heteroatoms. The lowest BCUT2D eigenvalue weighted by Gasteiger charge is -2.19. The summed E-state index contributed by atoms with van der Waals surface area (Å²) in [6, 6.07) is 6.99. The third-order valence-electron chi connectivity index (χ3n) is 4.52. The number of nitrogens with one attached hydrogen (secondary N) is 2. The molecule has 0 fully saturated rings. The van der Waals surface area contributed by atoms with Gasteiger partial charge in [0.2, 0.25) is 0 Å². The summed E-state index contributed by atoms with van der Waals surface area (Å²) in [5.41, 5.74) is 2.65. The highest BCUT2D eigenvalue weighted by Crippen LogP contribution is 2.30. The molecular weight excluding hydrogens is 339 g/mol. The molecule has 0 amide bonds. The van der Waals surface area contributed by atoms with Crippen molar-refractivity contribution in [3.8, 4) is 17.4 Å². The summed E-state index contributed by atoms with van der Waals surface area (Å²) in [6.07, 6.45) is 1.93. The van der Waals surface area contributed by atoms with Gasteiger partial charge in [-0.2, -0.15) is 5.10 Å². The Balaban J connectivity index is 1.75. The van der Waals surface area contributed by atoms with Gasteiger partial charge in [-0.3, -0.25) is 4.79 Å². The van der Waals surface area contributed by atoms with Gasteiger partial charge in [-0.1, -0.05) is 6.07 Å². The van der Waals surface area contributed by atoms with Gasteiger partial charge in [0, 0.05) is 30.7 Å². The van der Waals surface area contributed by atoms with Crippen molar-refractivity contribution >= 4 is 5.69 Å². The molecule has 0 unspecified atom stereocenters. The fourth-order valence-corrected chi connectivity index (χ4v) is 3.28. The minimum atomic E-state index is -0.579. The fraction of sp³-hybridized carbons (Fsp3) is 0.222. The van der Waals surface area contributed by atoms with Crippen LogP contribution in [-0.2, 0) is 12.8 Å². The van der Waals surface area contributed by atoms with E-state index >= 15 is 0 Å². The van der Waals surface area contributed by atoms with E-state index in [9.17, 15) is 19.4 Å². The number of hydrogen-bond donors (Lipinski definition) is 4. The normalized spacial score (nSPS) is 13.3. The highest BCUT2D eigenvalue weighted by atomic mass is 19.1. The largest absolute Gasteiger partial charge is 0.494 e. The van der Waals surface area contributed by atoms with Crippen molar-refractivity contribution in [3.63, 3.8) is 0 Å². The summed E-state index contributed by atoms with van der Waals surface area (Å²) in [7, 11) is 0. The zero-order valence-corrected chi connectivity index (χ0v) is 13.8. The zero-order valence-electron chi connectivity index (χ0n) is 13.8. The molecule has 134 valence electrons. The van der Waals surface area contributed by atoms with Crippen LogP contribution in [0.3, 0.4) is 0 Å². The Kier molecular flexibility index (Phi) is 3.87. The van der Waals surface area contributed by atoms with E-state index in [1.54, 1.807) is 6.07 Å². The first-order valence-electron chi connectivity index (χ1n) is 8.27. The van der Waals surface area contributed by atoms with Crippen LogP contribution in [0, 0.1) is 5.82 Å². The average Bonchev–Trinajstić information content (AvgIpc) is 2.98. The lowest BCUT2D eigenvalue weighted by molar-refractivity contribution is 0.399. The molecule has 0 saturated carbocycles. The van der Waals surface area contributed by atoms with Crippen LogP contribution in [-0.4, -0.2) is 31.5 Å². The summed E-state index contributed by atoms with van der Waals surface area (Å²) in [5, 5.41) is 29.6. The molecule has 1 aliphatic heterocycles. The number of rotatable bonds is 3. The minimum Gasteiger partial charge on any atom is -0.494 e. The van der Waals surface area contributed by atoms with Gasteiger partial charge in [-0.25, -0.2) is 14.1 Å². The van der Waals surface area contributed by atoms with Gasteiger partial charge in [0.05, 0.1) is 17.1 Å². The maximum atomic E-state index is 14.2. The molecule has 4 N–H and O–H groups in total. The Labute approximate surface area is 147 Å². The maximum absolute atomic E-state index is 14.2. The highest BCUT2D eigenvalue weighted by molar-refractivity contribution is 5.57. The van der Waals surface area contributed by atoms with Crippen LogP contribution >= 0.6 is 0 Å². The molecule has 0 radical (unpaired) electrons. The number of aromatic nitrogens is 3. The number of aromatic hydroxyl groups is 2. The van der Waals surface area contributed by atoms with E-state index in [0.29, 0.717) is 24.1 Å². The van der Waals surface area contributed by atoms with Crippen molar-refractivity contribution in [1.82, 2.24) is 14.8 Å². The number of nitrogens with zero attached hydrogens (tertiary/aromatic N) is 2. The molecule has 7 nitrogen and oxygen atoms in total. The predicted molar refractivity (Wildman–Crippen MR) is 93.5 cm³/mol. The van der Waals surface area contributed by atoms with E-state index in [2.05, 4.69) is 15.5 Å². The summed E-state index contributed by atoms with van der Waals surface area (Å²) in [4.78, 5) is 11.9. The first-order chi connectivity index (χ1) is 12.5. The van der Waals surface area contributed by atoms with Gasteiger partial charge in [0.25, 0.3) is 5.56 Å². The standard InChI is InChI=1S/C18H17FN4O3/c19-12-4-3-10(9-14(12)23-15(24)5-6-16(23)25)8-13-17-11(2-1-7-20-17)18(26)22-21-13/h3-6,9,20,24-25H,1-2,7-8H2,(H,22,26). The van der Waals surface area contributed by atoms with E-state index in [4.69, 9.17) is 0 Å². The first-order valence-corrected chi connectivity index (χ1v) is 8.27. The zero-order chi connectivity index (χ0) is 18.3. The monoisotopic (exact) mass is 356 g/mol. The predicted octanol–water partition coefficient (Wildman–Crippen LogP) is 2.06. The Bertz CT molecular complexity index is 1020. The number of hydrogen-bond acceptors (Lipinski definition) is 5. The number of anilines is 1. The molecule has 1 aromatic carbocycles. The van der Waals surface area contributed by atoms with Gasteiger partial charge < -0.3 is 15.5 Å². The third kappa shape index (κ3) is 2.69. The van der Waals surface area contributed by atoms with Crippen LogP contribution in [0.15, 0.2) is 35.1 Å². The molecule has 26 heavy (non-hydrogen) atoms. The van der Waals surface area contributed by atoms with E-state index in [-0.39, 0.29) is 23.0 Å². The van der Waals surface area contributed by atoms with E-state index in [1.807, 2.05) is 0 Å². The molecule has 0 spiro atoms. The number of fused-ring (bicyclic) bond motifs is 1. The van der Waals surface area contributed by atoms with Crippen molar-refractivity contribution in [2.24, 2.45) is 0 Å². The van der Waals surface area contributed by atoms with Crippen LogP contribution < -0.4 is 10.9 Å². The molecule has 4 rings (SSSR count). The van der Waals surface area contributed by atoms with Crippen molar-refractivity contribution in [2.45, 2.75) is 19.3 Å². The second kappa shape index (κ2) is 6.21. The van der Waals surface area contributed by atoms with E-state index in [1.165, 1.54) is 24.3 Å². The van der Waals surface area contributed by atoms with Crippen LogP contribution in [0.1, 0.15) is 23.2 Å². The van der Waals surface area contributed by atoms with Gasteiger partial charge in [0.1, 0.15) is 5.82 Å². The van der Waals surface area contributed by atoms with Crippen molar-refractivity contribution in [3.05, 3.63) is 63.3 Å². The molecule has 0 bridgehead atoms. The quantitative estimate of drug-likeness (QED) is 0.575. The van der Waals surface area contributed by atoms with Crippen LogP contribution in [0.5, 0.6) is 11.8 Å². The summed E-state index contributed by atoms with van der Waals surface area (Å²) in [5.74, 6) is -1.11. The Morgan fingerprint density at radius 2 is 1.96 bits per heavy atom. The van der Waals surface area contributed by atoms with Crippen molar-refractivity contribution in [1.29, 1.82) is 0 Å². The smallest absolute Gasteiger partial charge is 0.269 e. The average molecular weight is 356 g/mol. The number of aromatic amines is 1. The first kappa shape index (κ1) is 16.2. The van der Waals surface area contributed by atoms with Crippen LogP contribution in [0.4, 0.5) is 10.1 Å². The molecule has 0 aliphatic carbocycles. The van der Waals surface area contributed by atoms with Gasteiger partial charge >= 0.3 is 0 Å². The van der Waals surface area contributed by atoms with Gasteiger partial charge in [0.15, 0.2) is 11.8 Å². The van der Waals surface area contributed by atoms with Crippen LogP contribution in [0.2, 0.25) is 0 Å². The SMILES string of the molecule is O=c1[nH]nc(Cc2ccc(F)c(-n3c(O)ccc3O)c2)c2c1CCCN2. The topological polar surface area (TPSA) is 103 Å². The number of benzene rings is 1. The highest BCUT2D eigenvalue weighted by Gasteiger charge is 2.19. The molecule has 2 aromatic heterocycles. The third-order valence-corrected chi connectivity index (χ3v) is 4.52. The van der Waals surface area contributed by atoms with E-state index in [0.717, 1.165) is 28.8 Å². The van der Waals surface area contributed by atoms with Crippen LogP contribution in [0.25, 0.3) is 5.69 Å². The van der Waals surface area contributed by atoms with Crippen molar-refractivity contribution < 1.29 is 14.6 Å². The van der Waals surface area contributed by atoms with Gasteiger partial charge in [-0.05, 0) is 30.5 Å². The summed E-state index contributed by atoms with van der Waals surface area (Å²) in [6.45, 7) is 0.769. The lowest BCUT2D eigenvalue weighted by atomic mass is 10.0. The molecule has 1 aliphatic rings. The fourth-order valence-electron chi connectivity index (χ4n) is 3.28. The van der Waals surface area contributed by atoms with Gasteiger partial charge in [-0.15, -0.1) is 0 Å². The number of halogens is 1. The second-order valence-electron chi connectivity index (χ2n) is 6.23. The van der Waals surface area contributed by atoms with E-state index < -0.39 is 5.82 Å². The molecule has 3 heterocycles. The Morgan fingerprint density at radius 3 is 2.73 bits per heavy atom. The summed E-state index contributed by atoms with van der Waals surface area (Å²) < 4.78 is 15.3. The van der Waals surface area contributed by atoms with Crippen molar-refractivity contribution in [2.75, 3.05) is 11.9 Å². The summed E-state index contributed by atoms with van der Waals surface area (Å²) >= 11 is 0. The number of H-pyrrole nitrogens is 1. The molecule has 3 aromatic rings. The minimum absolute atomic E-state index is 0.0359. The second-order valence-corrected chi connectivity index (χ2v) is 6.23. The molecular formula is C18H17FN4O3. The Morgan fingerprint density at radius 1 is 1.19 bits per heavy atom. The Hall–Kier alpha value is -3.29. The molecule has 0 saturated heterocycles. The lowest BCUT2D eigenvalue weighted by Crippen LogP contribution is -2.25. The molecule has 0 atom stereocenters. The maximum Gasteiger partial charge on any atom is 0.269 e.